The highest BCUT2D eigenvalue weighted by Gasteiger charge is 2.16. The first-order valence-corrected chi connectivity index (χ1v) is 7.53. The minimum atomic E-state index is -0.451. The van der Waals surface area contributed by atoms with E-state index in [-0.39, 0.29) is 11.7 Å². The highest BCUT2D eigenvalue weighted by molar-refractivity contribution is 6.17. The molecule has 0 atom stereocenters. The van der Waals surface area contributed by atoms with Crippen LogP contribution in [0, 0.1) is 17.5 Å². The Balaban J connectivity index is 2.25. The number of benzene rings is 3. The van der Waals surface area contributed by atoms with Gasteiger partial charge in [-0.1, -0.05) is 36.4 Å². The van der Waals surface area contributed by atoms with Crippen molar-refractivity contribution in [1.29, 1.82) is 0 Å². The monoisotopic (exact) mass is 332 g/mol. The van der Waals surface area contributed by atoms with E-state index in [0.717, 1.165) is 0 Å². The second-order valence-electron chi connectivity index (χ2n) is 5.11. The van der Waals surface area contributed by atoms with Gasteiger partial charge in [0.05, 0.1) is 5.88 Å². The van der Waals surface area contributed by atoms with E-state index in [9.17, 15) is 13.2 Å². The molecule has 0 aliphatic heterocycles. The molecule has 3 rings (SSSR count). The zero-order chi connectivity index (χ0) is 16.4. The molecule has 3 aromatic carbocycles. The van der Waals surface area contributed by atoms with Gasteiger partial charge in [-0.15, -0.1) is 11.6 Å². The minimum Gasteiger partial charge on any atom is -0.207 e. The van der Waals surface area contributed by atoms with Crippen molar-refractivity contribution in [1.82, 2.24) is 0 Å². The Hall–Kier alpha value is -2.26. The van der Waals surface area contributed by atoms with E-state index in [0.29, 0.717) is 27.8 Å². The third-order valence-corrected chi connectivity index (χ3v) is 3.94. The van der Waals surface area contributed by atoms with Gasteiger partial charge in [0.15, 0.2) is 0 Å². The lowest BCUT2D eigenvalue weighted by Crippen LogP contribution is -1.95. The largest absolute Gasteiger partial charge is 0.207 e. The van der Waals surface area contributed by atoms with Gasteiger partial charge < -0.3 is 0 Å². The molecule has 0 N–H and O–H groups in total. The predicted molar refractivity (Wildman–Crippen MR) is 86.7 cm³/mol. The van der Waals surface area contributed by atoms with E-state index in [2.05, 4.69) is 0 Å². The fourth-order valence-electron chi connectivity index (χ4n) is 2.49. The van der Waals surface area contributed by atoms with Gasteiger partial charge in [-0.25, -0.2) is 13.2 Å². The van der Waals surface area contributed by atoms with E-state index in [1.807, 2.05) is 0 Å². The van der Waals surface area contributed by atoms with Crippen LogP contribution in [0.1, 0.15) is 5.56 Å². The molecule has 0 aliphatic carbocycles. The highest BCUT2D eigenvalue weighted by Crippen LogP contribution is 2.36. The molecule has 0 bridgehead atoms. The van der Waals surface area contributed by atoms with Crippen LogP contribution >= 0.6 is 11.6 Å². The normalized spacial score (nSPS) is 10.8. The second kappa shape index (κ2) is 6.47. The Morgan fingerprint density at radius 2 is 1.17 bits per heavy atom. The fourth-order valence-corrected chi connectivity index (χ4v) is 2.70. The summed E-state index contributed by atoms with van der Waals surface area (Å²) in [6.45, 7) is 0. The van der Waals surface area contributed by atoms with Gasteiger partial charge in [0.1, 0.15) is 17.5 Å². The first-order valence-electron chi connectivity index (χ1n) is 6.99. The summed E-state index contributed by atoms with van der Waals surface area (Å²) in [6, 6.07) is 14.7. The summed E-state index contributed by atoms with van der Waals surface area (Å²) in [6.07, 6.45) is 0. The lowest BCUT2D eigenvalue weighted by atomic mass is 9.92. The summed E-state index contributed by atoms with van der Waals surface area (Å²) in [5, 5.41) is 0. The van der Waals surface area contributed by atoms with Crippen molar-refractivity contribution in [3.63, 3.8) is 0 Å². The number of alkyl halides is 1. The number of hydrogen-bond donors (Lipinski definition) is 0. The maximum absolute atomic E-state index is 14.8. The number of halogens is 4. The van der Waals surface area contributed by atoms with Gasteiger partial charge in [0, 0.05) is 11.1 Å². The van der Waals surface area contributed by atoms with Crippen molar-refractivity contribution in [3.8, 4) is 22.3 Å². The van der Waals surface area contributed by atoms with Crippen LogP contribution in [0.5, 0.6) is 0 Å². The maximum Gasteiger partial charge on any atom is 0.136 e. The molecule has 0 saturated heterocycles. The Kier molecular flexibility index (Phi) is 4.39. The molecule has 116 valence electrons. The van der Waals surface area contributed by atoms with Crippen molar-refractivity contribution in [2.45, 2.75) is 5.88 Å². The lowest BCUT2D eigenvalue weighted by Gasteiger charge is -2.14. The van der Waals surface area contributed by atoms with Crippen molar-refractivity contribution < 1.29 is 13.2 Å². The van der Waals surface area contributed by atoms with Gasteiger partial charge in [-0.2, -0.15) is 0 Å². The van der Waals surface area contributed by atoms with E-state index in [4.69, 9.17) is 11.6 Å². The van der Waals surface area contributed by atoms with Crippen molar-refractivity contribution in [2.24, 2.45) is 0 Å². The van der Waals surface area contributed by atoms with Crippen LogP contribution in [-0.4, -0.2) is 0 Å². The standard InChI is InChI=1S/C19H12ClF3/c20-11-14-5-10-17(12-1-6-15(21)7-2-12)18(19(14)23)13-3-8-16(22)9-4-13/h1-10H,11H2. The molecular weight excluding hydrogens is 321 g/mol. The molecule has 0 nitrogen and oxygen atoms in total. The molecule has 0 aromatic heterocycles. The third-order valence-electron chi connectivity index (χ3n) is 3.65. The van der Waals surface area contributed by atoms with Crippen LogP contribution in [0.3, 0.4) is 0 Å². The van der Waals surface area contributed by atoms with Crippen LogP contribution in [0.15, 0.2) is 60.7 Å². The van der Waals surface area contributed by atoms with Crippen molar-refractivity contribution in [3.05, 3.63) is 83.7 Å². The first-order chi connectivity index (χ1) is 11.1. The Labute approximate surface area is 137 Å². The summed E-state index contributed by atoms with van der Waals surface area (Å²) >= 11 is 5.79. The molecule has 3 aromatic rings. The summed E-state index contributed by atoms with van der Waals surface area (Å²) in [7, 11) is 0. The third kappa shape index (κ3) is 3.10. The van der Waals surface area contributed by atoms with Crippen LogP contribution < -0.4 is 0 Å². The quantitative estimate of drug-likeness (QED) is 0.503. The van der Waals surface area contributed by atoms with Crippen molar-refractivity contribution in [2.75, 3.05) is 0 Å². The summed E-state index contributed by atoms with van der Waals surface area (Å²) in [5.41, 5.74) is 2.50. The molecule has 0 amide bonds. The average Bonchev–Trinajstić information content (AvgIpc) is 2.56. The first kappa shape index (κ1) is 15.6. The lowest BCUT2D eigenvalue weighted by molar-refractivity contribution is 0.619. The van der Waals surface area contributed by atoms with E-state index >= 15 is 0 Å². The number of rotatable bonds is 3. The van der Waals surface area contributed by atoms with E-state index in [1.165, 1.54) is 36.4 Å². The van der Waals surface area contributed by atoms with Crippen LogP contribution in [0.25, 0.3) is 22.3 Å². The average molecular weight is 333 g/mol. The van der Waals surface area contributed by atoms with E-state index < -0.39 is 11.6 Å². The number of hydrogen-bond acceptors (Lipinski definition) is 0. The Morgan fingerprint density at radius 1 is 0.652 bits per heavy atom. The maximum atomic E-state index is 14.8. The minimum absolute atomic E-state index is 0.0315. The molecule has 4 heteroatoms. The van der Waals surface area contributed by atoms with Crippen LogP contribution in [-0.2, 0) is 5.88 Å². The SMILES string of the molecule is Fc1ccc(-c2ccc(CCl)c(F)c2-c2ccc(F)cc2)cc1. The topological polar surface area (TPSA) is 0 Å². The summed E-state index contributed by atoms with van der Waals surface area (Å²) < 4.78 is 41.1. The van der Waals surface area contributed by atoms with Gasteiger partial charge in [-0.05, 0) is 41.0 Å². The summed E-state index contributed by atoms with van der Waals surface area (Å²) in [4.78, 5) is 0. The van der Waals surface area contributed by atoms with Gasteiger partial charge in [0.25, 0.3) is 0 Å². The molecule has 0 radical (unpaired) electrons. The summed E-state index contributed by atoms with van der Waals surface area (Å²) in [5.74, 6) is -1.18. The predicted octanol–water partition coefficient (Wildman–Crippen LogP) is 6.18. The fraction of sp³-hybridized carbons (Fsp3) is 0.0526. The molecule has 0 heterocycles. The Morgan fingerprint density at radius 3 is 1.70 bits per heavy atom. The van der Waals surface area contributed by atoms with Gasteiger partial charge in [-0.3, -0.25) is 0 Å². The smallest absolute Gasteiger partial charge is 0.136 e. The Bertz CT molecular complexity index is 824. The molecule has 0 saturated carbocycles. The zero-order valence-electron chi connectivity index (χ0n) is 12.0. The molecule has 23 heavy (non-hydrogen) atoms. The molecule has 0 fully saturated rings. The van der Waals surface area contributed by atoms with E-state index in [1.54, 1.807) is 24.3 Å². The molecular formula is C19H12ClF3. The van der Waals surface area contributed by atoms with Crippen LogP contribution in [0.2, 0.25) is 0 Å². The zero-order valence-corrected chi connectivity index (χ0v) is 12.7. The van der Waals surface area contributed by atoms with Crippen molar-refractivity contribution >= 4 is 11.6 Å². The highest BCUT2D eigenvalue weighted by atomic mass is 35.5. The van der Waals surface area contributed by atoms with Gasteiger partial charge >= 0.3 is 0 Å². The second-order valence-corrected chi connectivity index (χ2v) is 5.38. The van der Waals surface area contributed by atoms with Gasteiger partial charge in [0.2, 0.25) is 0 Å². The molecule has 0 spiro atoms. The molecule has 0 unspecified atom stereocenters. The molecule has 0 aliphatic rings. The van der Waals surface area contributed by atoms with Crippen LogP contribution in [0.4, 0.5) is 13.2 Å².